The average molecular weight is 407 g/mol. The number of H-pyrrole nitrogens is 1. The molecule has 1 aliphatic rings. The first kappa shape index (κ1) is 18.1. The van der Waals surface area contributed by atoms with Crippen molar-refractivity contribution in [1.29, 1.82) is 0 Å². The number of halogens is 1. The van der Waals surface area contributed by atoms with Gasteiger partial charge in [-0.2, -0.15) is 4.98 Å². The van der Waals surface area contributed by atoms with Crippen LogP contribution in [-0.4, -0.2) is 23.5 Å². The van der Waals surface area contributed by atoms with Gasteiger partial charge in [0.2, 0.25) is 0 Å². The van der Waals surface area contributed by atoms with Crippen molar-refractivity contribution >= 4 is 27.3 Å². The Morgan fingerprint density at radius 3 is 2.63 bits per heavy atom. The normalized spacial score (nSPS) is 14.5. The monoisotopic (exact) mass is 406 g/mol. The predicted molar refractivity (Wildman–Crippen MR) is 103 cm³/mol. The van der Waals surface area contributed by atoms with Crippen LogP contribution in [0, 0.1) is 20.8 Å². The lowest BCUT2D eigenvalue weighted by Crippen LogP contribution is -2.15. The maximum absolute atomic E-state index is 13.1. The Kier molecular flexibility index (Phi) is 4.27. The van der Waals surface area contributed by atoms with Gasteiger partial charge in [0.05, 0.1) is 16.3 Å². The summed E-state index contributed by atoms with van der Waals surface area (Å²) < 4.78 is 34.2. The minimum Gasteiger partial charge on any atom is -0.361 e. The predicted octanol–water partition coefficient (Wildman–Crippen LogP) is 4.32. The molecule has 0 amide bonds. The molecular weight excluding hydrogens is 388 g/mol. The quantitative estimate of drug-likeness (QED) is 0.657. The van der Waals surface area contributed by atoms with Gasteiger partial charge in [-0.25, -0.2) is 8.42 Å². The van der Waals surface area contributed by atoms with Gasteiger partial charge in [-0.15, -0.1) is 0 Å². The van der Waals surface area contributed by atoms with Crippen molar-refractivity contribution in [2.45, 2.75) is 44.4 Å². The largest absolute Gasteiger partial charge is 0.361 e. The molecule has 0 bridgehead atoms. The lowest BCUT2D eigenvalue weighted by atomic mass is 10.2. The van der Waals surface area contributed by atoms with E-state index in [0.717, 1.165) is 18.4 Å². The third-order valence-corrected chi connectivity index (χ3v) is 6.40. The molecule has 2 aromatic heterocycles. The van der Waals surface area contributed by atoms with Gasteiger partial charge in [-0.1, -0.05) is 22.8 Å². The van der Waals surface area contributed by atoms with Crippen molar-refractivity contribution in [3.05, 3.63) is 46.0 Å². The van der Waals surface area contributed by atoms with Gasteiger partial charge >= 0.3 is 0 Å². The molecule has 0 aliphatic heterocycles. The van der Waals surface area contributed by atoms with Crippen molar-refractivity contribution in [1.82, 2.24) is 15.1 Å². The molecule has 0 unspecified atom stereocenters. The fraction of sp³-hybridized carbons (Fsp3) is 0.333. The summed E-state index contributed by atoms with van der Waals surface area (Å²) in [4.78, 5) is 7.56. The Balaban J connectivity index is 1.78. The third-order valence-electron chi connectivity index (χ3n) is 4.55. The number of benzene rings is 1. The van der Waals surface area contributed by atoms with E-state index in [-0.39, 0.29) is 10.8 Å². The van der Waals surface area contributed by atoms with Crippen molar-refractivity contribution in [2.24, 2.45) is 0 Å². The van der Waals surface area contributed by atoms with Gasteiger partial charge < -0.3 is 9.51 Å². The van der Waals surface area contributed by atoms with Gasteiger partial charge in [0.15, 0.2) is 5.82 Å². The van der Waals surface area contributed by atoms with Crippen LogP contribution in [0.1, 0.15) is 41.5 Å². The molecule has 0 saturated heterocycles. The van der Waals surface area contributed by atoms with Crippen molar-refractivity contribution in [2.75, 3.05) is 4.72 Å². The topological polar surface area (TPSA) is 101 Å². The highest BCUT2D eigenvalue weighted by molar-refractivity contribution is 7.93. The Morgan fingerprint density at radius 1 is 1.22 bits per heavy atom. The fourth-order valence-electron chi connectivity index (χ4n) is 3.09. The average Bonchev–Trinajstić information content (AvgIpc) is 3.23. The minimum absolute atomic E-state index is 0.0858. The van der Waals surface area contributed by atoms with E-state index in [0.29, 0.717) is 39.4 Å². The number of hydrogen-bond donors (Lipinski definition) is 2. The van der Waals surface area contributed by atoms with Crippen LogP contribution in [0.2, 0.25) is 5.02 Å². The molecule has 1 fully saturated rings. The van der Waals surface area contributed by atoms with Crippen LogP contribution in [0.5, 0.6) is 0 Å². The van der Waals surface area contributed by atoms with E-state index < -0.39 is 10.0 Å². The molecule has 9 heteroatoms. The number of aromatic nitrogens is 3. The van der Waals surface area contributed by atoms with Gasteiger partial charge in [-0.3, -0.25) is 4.72 Å². The number of sulfonamides is 1. The zero-order chi connectivity index (χ0) is 19.3. The first-order valence-electron chi connectivity index (χ1n) is 8.58. The molecule has 1 aromatic carbocycles. The molecule has 1 aliphatic carbocycles. The lowest BCUT2D eigenvalue weighted by molar-refractivity contribution is 0.421. The highest BCUT2D eigenvalue weighted by Crippen LogP contribution is 2.40. The van der Waals surface area contributed by atoms with Gasteiger partial charge in [0.1, 0.15) is 4.90 Å². The molecule has 2 N–H and O–H groups in total. The molecule has 0 radical (unpaired) electrons. The summed E-state index contributed by atoms with van der Waals surface area (Å²) >= 11 is 6.19. The van der Waals surface area contributed by atoms with E-state index in [1.54, 1.807) is 32.0 Å². The first-order chi connectivity index (χ1) is 12.8. The van der Waals surface area contributed by atoms with Crippen molar-refractivity contribution < 1.29 is 12.9 Å². The molecule has 0 spiro atoms. The van der Waals surface area contributed by atoms with Crippen LogP contribution in [0.15, 0.2) is 27.6 Å². The van der Waals surface area contributed by atoms with Crippen LogP contribution in [-0.2, 0) is 10.0 Å². The van der Waals surface area contributed by atoms with Crippen molar-refractivity contribution in [3.8, 4) is 11.5 Å². The summed E-state index contributed by atoms with van der Waals surface area (Å²) in [7, 11) is -3.93. The second kappa shape index (κ2) is 6.38. The Morgan fingerprint density at radius 2 is 1.96 bits per heavy atom. The van der Waals surface area contributed by atoms with E-state index >= 15 is 0 Å². The zero-order valence-corrected chi connectivity index (χ0v) is 16.7. The van der Waals surface area contributed by atoms with Gasteiger partial charge in [0.25, 0.3) is 15.9 Å². The minimum atomic E-state index is -3.93. The van der Waals surface area contributed by atoms with E-state index in [9.17, 15) is 8.42 Å². The summed E-state index contributed by atoms with van der Waals surface area (Å²) in [6.45, 7) is 5.36. The standard InChI is InChI=1S/C18H19ClN4O3S/c1-9-4-7-14(13(19)8-9)23-27(24,25)16-11(3)20-10(2)15(16)18-21-17(22-26-18)12-5-6-12/h4,7-8,12,20,23H,5-6H2,1-3H3. The first-order valence-corrected chi connectivity index (χ1v) is 10.4. The van der Waals surface area contributed by atoms with Crippen LogP contribution in [0.25, 0.3) is 11.5 Å². The number of aromatic amines is 1. The third kappa shape index (κ3) is 3.35. The van der Waals surface area contributed by atoms with E-state index in [4.69, 9.17) is 16.1 Å². The molecule has 1 saturated carbocycles. The molecule has 142 valence electrons. The molecule has 27 heavy (non-hydrogen) atoms. The number of aryl methyl sites for hydroxylation is 3. The molecule has 3 aromatic rings. The van der Waals surface area contributed by atoms with E-state index in [2.05, 4.69) is 19.8 Å². The Hall–Kier alpha value is -2.32. The molecule has 2 heterocycles. The summed E-state index contributed by atoms with van der Waals surface area (Å²) in [6.07, 6.45) is 2.06. The van der Waals surface area contributed by atoms with Gasteiger partial charge in [0, 0.05) is 17.3 Å². The fourth-order valence-corrected chi connectivity index (χ4v) is 4.97. The lowest BCUT2D eigenvalue weighted by Gasteiger charge is -2.11. The maximum atomic E-state index is 13.1. The van der Waals surface area contributed by atoms with Crippen molar-refractivity contribution in [3.63, 3.8) is 0 Å². The highest BCUT2D eigenvalue weighted by atomic mass is 35.5. The maximum Gasteiger partial charge on any atom is 0.264 e. The molecular formula is C18H19ClN4O3S. The summed E-state index contributed by atoms with van der Waals surface area (Å²) in [5.74, 6) is 1.14. The number of hydrogen-bond acceptors (Lipinski definition) is 5. The van der Waals surface area contributed by atoms with E-state index in [1.165, 1.54) is 0 Å². The number of nitrogens with one attached hydrogen (secondary N) is 2. The smallest absolute Gasteiger partial charge is 0.264 e. The highest BCUT2D eigenvalue weighted by Gasteiger charge is 2.33. The summed E-state index contributed by atoms with van der Waals surface area (Å²) in [5.41, 5.74) is 2.78. The van der Waals surface area contributed by atoms with Crippen LogP contribution in [0.4, 0.5) is 5.69 Å². The Bertz CT molecular complexity index is 1130. The summed E-state index contributed by atoms with van der Waals surface area (Å²) in [5, 5.41) is 4.33. The van der Waals surface area contributed by atoms with Crippen LogP contribution in [0.3, 0.4) is 0 Å². The number of anilines is 1. The summed E-state index contributed by atoms with van der Waals surface area (Å²) in [6, 6.07) is 5.14. The van der Waals surface area contributed by atoms with Crippen LogP contribution < -0.4 is 4.72 Å². The second-order valence-corrected chi connectivity index (χ2v) is 8.93. The molecule has 0 atom stereocenters. The zero-order valence-electron chi connectivity index (χ0n) is 15.1. The number of nitrogens with zero attached hydrogens (tertiary/aromatic N) is 2. The SMILES string of the molecule is Cc1ccc(NS(=O)(=O)c2c(C)[nH]c(C)c2-c2nc(C3CC3)no2)c(Cl)c1. The van der Waals surface area contributed by atoms with E-state index in [1.807, 2.05) is 6.92 Å². The second-order valence-electron chi connectivity index (χ2n) is 6.90. The van der Waals surface area contributed by atoms with Crippen LogP contribution >= 0.6 is 11.6 Å². The molecule has 4 rings (SSSR count). The molecule has 7 nitrogen and oxygen atoms in total. The van der Waals surface area contributed by atoms with Gasteiger partial charge in [-0.05, 0) is 51.3 Å². The number of rotatable bonds is 5. The Labute approximate surface area is 162 Å².